The molecule has 0 saturated carbocycles. The van der Waals surface area contributed by atoms with E-state index in [0.29, 0.717) is 26.7 Å². The van der Waals surface area contributed by atoms with E-state index in [2.05, 4.69) is 10.6 Å². The molecule has 2 aromatic rings. The van der Waals surface area contributed by atoms with Crippen LogP contribution in [-0.2, 0) is 33.6 Å². The minimum atomic E-state index is -1.64. The van der Waals surface area contributed by atoms with E-state index in [0.717, 1.165) is 16.5 Å². The lowest BCUT2D eigenvalue weighted by Crippen LogP contribution is -2.52. The van der Waals surface area contributed by atoms with Gasteiger partial charge in [0.1, 0.15) is 45.8 Å². The van der Waals surface area contributed by atoms with Crippen LogP contribution < -0.4 is 10.6 Å². The van der Waals surface area contributed by atoms with Gasteiger partial charge in [-0.1, -0.05) is 23.8 Å². The molecule has 20 heteroatoms. The third-order valence-corrected chi connectivity index (χ3v) is 7.65. The molecule has 296 valence electrons. The monoisotopic (exact) mass is 770 g/mol. The Morgan fingerprint density at radius 1 is 0.527 bits per heavy atom. The highest BCUT2D eigenvalue weighted by Crippen LogP contribution is 2.11. The number of nitrogens with zero attached hydrogens (tertiary/aromatic N) is 4. The summed E-state index contributed by atoms with van der Waals surface area (Å²) in [6.07, 6.45) is 0.508. The van der Waals surface area contributed by atoms with E-state index in [-0.39, 0.29) is 36.5 Å². The second kappa shape index (κ2) is 21.6. The number of unbranched alkanes of at least 4 members (excludes halogenated alkanes) is 1. The molecule has 20 nitrogen and oxygen atoms in total. The molecule has 0 aliphatic heterocycles. The topological polar surface area (TPSA) is 289 Å². The highest BCUT2D eigenvalue weighted by atomic mass is 16.4. The molecule has 2 aromatic carbocycles. The molecule has 0 atom stereocenters. The maximum atomic E-state index is 13.3. The fourth-order valence-corrected chi connectivity index (χ4v) is 5.04. The molecule has 0 aromatic heterocycles. The van der Waals surface area contributed by atoms with E-state index in [9.17, 15) is 68.4 Å². The SMILES string of the molecule is CNC(=O)c1cccc(C(=O)N(CC(=O)O)CC(=O)N(CC(=O)O)CC(=O)N(CC(=O)O)CC(=O)N(CCCCNC(=O)c2cccc(C)c2)CC(=O)O)c1. The van der Waals surface area contributed by atoms with Crippen LogP contribution in [0.4, 0.5) is 0 Å². The third-order valence-electron chi connectivity index (χ3n) is 7.65. The Kier molecular flexibility index (Phi) is 17.4. The largest absolute Gasteiger partial charge is 0.480 e. The predicted octanol–water partition coefficient (Wildman–Crippen LogP) is -1.17. The maximum absolute atomic E-state index is 13.3. The standard InChI is InChI=1S/C35H42N6O14/c1-22-7-5-8-23(13-22)34(54)37-11-3-4-12-38(18-29(45)46)26(42)15-39(19-30(47)48)27(43)16-40(20-31(49)50)28(44)17-41(21-32(51)52)35(55)25-10-6-9-24(14-25)33(53)36-2/h5-10,13-14H,3-4,11-12,15-21H2,1-2H3,(H,36,53)(H,37,54)(H,45,46)(H,47,48)(H,49,50)(H,51,52). The van der Waals surface area contributed by atoms with Crippen LogP contribution in [0.1, 0.15) is 49.5 Å². The molecule has 0 bridgehead atoms. The second-order valence-corrected chi connectivity index (χ2v) is 12.0. The number of aliphatic carboxylic acids is 4. The average molecular weight is 771 g/mol. The quantitative estimate of drug-likeness (QED) is 0.0770. The van der Waals surface area contributed by atoms with Gasteiger partial charge in [0.15, 0.2) is 0 Å². The fraction of sp³-hybridized carbons (Fsp3) is 0.371. The van der Waals surface area contributed by atoms with Crippen LogP contribution in [0.25, 0.3) is 0 Å². The summed E-state index contributed by atoms with van der Waals surface area (Å²) in [6.45, 7) is -5.50. The molecular formula is C35H42N6O14. The molecule has 0 heterocycles. The molecule has 0 saturated heterocycles. The van der Waals surface area contributed by atoms with Gasteiger partial charge in [-0.15, -0.1) is 0 Å². The van der Waals surface area contributed by atoms with Gasteiger partial charge in [0.25, 0.3) is 17.7 Å². The first kappa shape index (κ1) is 44.3. The molecule has 55 heavy (non-hydrogen) atoms. The van der Waals surface area contributed by atoms with Crippen LogP contribution in [0, 0.1) is 6.92 Å². The van der Waals surface area contributed by atoms with Crippen LogP contribution in [0.15, 0.2) is 48.5 Å². The number of rotatable bonds is 22. The summed E-state index contributed by atoms with van der Waals surface area (Å²) >= 11 is 0. The summed E-state index contributed by atoms with van der Waals surface area (Å²) < 4.78 is 0. The highest BCUT2D eigenvalue weighted by Gasteiger charge is 2.30. The van der Waals surface area contributed by atoms with Crippen molar-refractivity contribution in [3.63, 3.8) is 0 Å². The maximum Gasteiger partial charge on any atom is 0.323 e. The smallest absolute Gasteiger partial charge is 0.323 e. The summed E-state index contributed by atoms with van der Waals surface area (Å²) in [6, 6.07) is 11.9. The van der Waals surface area contributed by atoms with Crippen molar-refractivity contribution in [3.8, 4) is 0 Å². The van der Waals surface area contributed by atoms with Crippen LogP contribution in [-0.4, -0.2) is 165 Å². The first-order valence-electron chi connectivity index (χ1n) is 16.6. The fourth-order valence-electron chi connectivity index (χ4n) is 5.04. The summed E-state index contributed by atoms with van der Waals surface area (Å²) in [5.74, 6) is -11.6. The molecule has 6 amide bonds. The summed E-state index contributed by atoms with van der Waals surface area (Å²) in [7, 11) is 1.34. The Hall–Kier alpha value is -6.86. The number of hydrogen-bond acceptors (Lipinski definition) is 10. The van der Waals surface area contributed by atoms with Crippen molar-refractivity contribution in [1.29, 1.82) is 0 Å². The van der Waals surface area contributed by atoms with Crippen molar-refractivity contribution < 1.29 is 68.4 Å². The van der Waals surface area contributed by atoms with Gasteiger partial charge >= 0.3 is 23.9 Å². The van der Waals surface area contributed by atoms with Crippen molar-refractivity contribution >= 4 is 59.3 Å². The molecular weight excluding hydrogens is 728 g/mol. The van der Waals surface area contributed by atoms with Crippen molar-refractivity contribution in [2.24, 2.45) is 0 Å². The van der Waals surface area contributed by atoms with Gasteiger partial charge in [0.05, 0.1) is 0 Å². The summed E-state index contributed by atoms with van der Waals surface area (Å²) in [4.78, 5) is 126. The van der Waals surface area contributed by atoms with Crippen LogP contribution >= 0.6 is 0 Å². The Morgan fingerprint density at radius 2 is 0.964 bits per heavy atom. The van der Waals surface area contributed by atoms with Crippen LogP contribution in [0.2, 0.25) is 0 Å². The van der Waals surface area contributed by atoms with E-state index in [1.54, 1.807) is 18.2 Å². The second-order valence-electron chi connectivity index (χ2n) is 12.0. The van der Waals surface area contributed by atoms with Crippen LogP contribution in [0.3, 0.4) is 0 Å². The number of carboxylic acids is 4. The van der Waals surface area contributed by atoms with E-state index in [1.807, 2.05) is 13.0 Å². The zero-order valence-electron chi connectivity index (χ0n) is 30.1. The van der Waals surface area contributed by atoms with Crippen molar-refractivity contribution in [2.75, 3.05) is 66.0 Å². The number of carbonyl (C=O) groups is 10. The minimum Gasteiger partial charge on any atom is -0.480 e. The zero-order chi connectivity index (χ0) is 41.2. The molecule has 2 rings (SSSR count). The Labute approximate surface area is 314 Å². The number of carboxylic acid groups (broad SMARTS) is 4. The number of hydrogen-bond donors (Lipinski definition) is 6. The van der Waals surface area contributed by atoms with E-state index >= 15 is 0 Å². The zero-order valence-corrected chi connectivity index (χ0v) is 30.1. The highest BCUT2D eigenvalue weighted by molar-refractivity contribution is 6.02. The first-order valence-corrected chi connectivity index (χ1v) is 16.6. The number of benzene rings is 2. The normalized spacial score (nSPS) is 10.4. The van der Waals surface area contributed by atoms with Gasteiger partial charge in [-0.2, -0.15) is 0 Å². The predicted molar refractivity (Wildman–Crippen MR) is 189 cm³/mol. The van der Waals surface area contributed by atoms with Gasteiger partial charge in [-0.25, -0.2) is 0 Å². The third kappa shape index (κ3) is 15.3. The molecule has 6 N–H and O–H groups in total. The van der Waals surface area contributed by atoms with Crippen molar-refractivity contribution in [1.82, 2.24) is 30.2 Å². The Morgan fingerprint density at radius 3 is 1.47 bits per heavy atom. The molecule has 0 radical (unpaired) electrons. The Bertz CT molecular complexity index is 1800. The molecule has 0 spiro atoms. The molecule has 0 aliphatic rings. The van der Waals surface area contributed by atoms with Gasteiger partial charge in [-0.05, 0) is 50.1 Å². The number of aryl methyl sites for hydroxylation is 1. The minimum absolute atomic E-state index is 0.0328. The van der Waals surface area contributed by atoms with Gasteiger partial charge in [-0.3, -0.25) is 47.9 Å². The summed E-state index contributed by atoms with van der Waals surface area (Å²) in [5, 5.41) is 42.8. The molecule has 0 unspecified atom stereocenters. The molecule has 0 aliphatic carbocycles. The lowest BCUT2D eigenvalue weighted by molar-refractivity contribution is -0.153. The average Bonchev–Trinajstić information content (AvgIpc) is 3.11. The number of carbonyl (C=O) groups excluding carboxylic acids is 6. The molecule has 0 fully saturated rings. The van der Waals surface area contributed by atoms with Gasteiger partial charge in [0.2, 0.25) is 17.7 Å². The number of amides is 6. The van der Waals surface area contributed by atoms with Crippen LogP contribution in [0.5, 0.6) is 0 Å². The van der Waals surface area contributed by atoms with E-state index in [4.69, 9.17) is 0 Å². The van der Waals surface area contributed by atoms with E-state index in [1.165, 1.54) is 25.2 Å². The lowest BCUT2D eigenvalue weighted by atomic mass is 10.1. The Balaban J connectivity index is 2.18. The number of nitrogens with one attached hydrogen (secondary N) is 2. The van der Waals surface area contributed by atoms with Crippen molar-refractivity contribution in [2.45, 2.75) is 19.8 Å². The van der Waals surface area contributed by atoms with Gasteiger partial charge < -0.3 is 50.7 Å². The van der Waals surface area contributed by atoms with E-state index < -0.39 is 99.2 Å². The first-order chi connectivity index (χ1) is 25.9. The van der Waals surface area contributed by atoms with Crippen molar-refractivity contribution in [3.05, 3.63) is 70.8 Å². The van der Waals surface area contributed by atoms with Gasteiger partial charge in [0, 0.05) is 36.8 Å². The lowest BCUT2D eigenvalue weighted by Gasteiger charge is -2.29. The summed E-state index contributed by atoms with van der Waals surface area (Å²) in [5.41, 5.74) is 1.15.